The Morgan fingerprint density at radius 1 is 1.07 bits per heavy atom. The number of ether oxygens (including phenoxy) is 1. The minimum absolute atomic E-state index is 0.120. The Balaban J connectivity index is 1.60. The van der Waals surface area contributed by atoms with Gasteiger partial charge in [0.15, 0.2) is 0 Å². The number of methoxy groups -OCH3 is 1. The molecule has 1 heterocycles. The van der Waals surface area contributed by atoms with Crippen molar-refractivity contribution in [3.8, 4) is 16.9 Å². The highest BCUT2D eigenvalue weighted by atomic mass is 16.5. The fraction of sp³-hybridized carbons (Fsp3) is 0.323. The van der Waals surface area contributed by atoms with Crippen molar-refractivity contribution >= 4 is 23.5 Å². The van der Waals surface area contributed by atoms with Crippen molar-refractivity contribution < 1.29 is 19.1 Å². The van der Waals surface area contributed by atoms with Crippen molar-refractivity contribution in [3.05, 3.63) is 83.4 Å². The minimum Gasteiger partial charge on any atom is -0.497 e. The summed E-state index contributed by atoms with van der Waals surface area (Å²) in [7, 11) is 1.61. The van der Waals surface area contributed by atoms with E-state index >= 15 is 0 Å². The average molecular weight is 544 g/mol. The van der Waals surface area contributed by atoms with Crippen molar-refractivity contribution in [1.82, 2.24) is 10.6 Å². The van der Waals surface area contributed by atoms with Gasteiger partial charge in [-0.3, -0.25) is 9.59 Å². The zero-order valence-corrected chi connectivity index (χ0v) is 23.2. The van der Waals surface area contributed by atoms with Gasteiger partial charge in [0, 0.05) is 24.2 Å². The Morgan fingerprint density at radius 3 is 2.48 bits per heavy atom. The first-order valence-corrected chi connectivity index (χ1v) is 13.3. The lowest BCUT2D eigenvalue weighted by Crippen LogP contribution is -2.49. The van der Waals surface area contributed by atoms with Crippen LogP contribution in [0.2, 0.25) is 0 Å². The molecule has 40 heavy (non-hydrogen) atoms. The van der Waals surface area contributed by atoms with Crippen molar-refractivity contribution in [2.24, 2.45) is 11.5 Å². The third-order valence-corrected chi connectivity index (χ3v) is 6.87. The van der Waals surface area contributed by atoms with Gasteiger partial charge in [0.05, 0.1) is 13.7 Å². The second-order valence-corrected chi connectivity index (χ2v) is 10.8. The number of hydrogen-bond donors (Lipinski definition) is 4. The monoisotopic (exact) mass is 543 g/mol. The van der Waals surface area contributed by atoms with E-state index in [1.807, 2.05) is 66.7 Å². The number of fused-ring (bicyclic) bond motifs is 1. The summed E-state index contributed by atoms with van der Waals surface area (Å²) >= 11 is 0. The van der Waals surface area contributed by atoms with Crippen LogP contribution in [0.15, 0.2) is 66.7 Å². The summed E-state index contributed by atoms with van der Waals surface area (Å²) in [5.74, 6) is 0.301. The second-order valence-electron chi connectivity index (χ2n) is 10.8. The number of nitrogens with two attached hydrogens (primary N) is 2. The van der Waals surface area contributed by atoms with Crippen LogP contribution in [0.4, 0.5) is 10.5 Å². The molecule has 0 bridgehead atoms. The van der Waals surface area contributed by atoms with Crippen LogP contribution < -0.4 is 31.7 Å². The number of hydrogen-bond acceptors (Lipinski definition) is 5. The molecule has 3 aromatic carbocycles. The van der Waals surface area contributed by atoms with E-state index in [4.69, 9.17) is 16.2 Å². The summed E-state index contributed by atoms with van der Waals surface area (Å²) in [5.41, 5.74) is 16.2. The van der Waals surface area contributed by atoms with Gasteiger partial charge in [-0.15, -0.1) is 0 Å². The highest BCUT2D eigenvalue weighted by molar-refractivity contribution is 6.00. The van der Waals surface area contributed by atoms with E-state index in [0.717, 1.165) is 33.5 Å². The number of urea groups is 1. The molecule has 0 unspecified atom stereocenters. The molecule has 4 rings (SSSR count). The maximum atomic E-state index is 13.8. The number of carbonyl (C=O) groups is 3. The zero-order valence-electron chi connectivity index (χ0n) is 23.2. The Hall–Kier alpha value is -4.37. The molecule has 0 aromatic heterocycles. The highest BCUT2D eigenvalue weighted by Gasteiger charge is 2.32. The molecule has 6 N–H and O–H groups in total. The largest absolute Gasteiger partial charge is 0.497 e. The second kappa shape index (κ2) is 12.2. The van der Waals surface area contributed by atoms with Crippen LogP contribution >= 0.6 is 0 Å². The highest BCUT2D eigenvalue weighted by Crippen LogP contribution is 2.32. The maximum Gasteiger partial charge on any atom is 0.312 e. The molecule has 4 amide bonds. The van der Waals surface area contributed by atoms with Crippen LogP contribution in [-0.4, -0.2) is 36.5 Å². The molecule has 0 saturated carbocycles. The smallest absolute Gasteiger partial charge is 0.312 e. The van der Waals surface area contributed by atoms with Crippen LogP contribution in [0, 0.1) is 0 Å². The summed E-state index contributed by atoms with van der Waals surface area (Å²) in [4.78, 5) is 39.5. The molecule has 9 nitrogen and oxygen atoms in total. The molecule has 0 spiro atoms. The van der Waals surface area contributed by atoms with Gasteiger partial charge >= 0.3 is 6.03 Å². The average Bonchev–Trinajstić information content (AvgIpc) is 3.03. The molecule has 1 atom stereocenters. The standard InChI is InChI=1S/C31H37N5O4/c1-31(2,33)17-28(37)35-26-14-12-22-16-24(40-3)13-15-27(22)36(29(26)38)19-20-8-10-21(11-9-20)25-7-5-4-6-23(25)18-34-30(32)39/h4-11,13,15-16,26H,12,14,17-19,33H2,1-3H3,(H,35,37)(H3,32,34,39)/t26-/m1/s1. The number of benzene rings is 3. The third-order valence-electron chi connectivity index (χ3n) is 6.87. The molecule has 210 valence electrons. The molecule has 0 fully saturated rings. The number of nitrogens with zero attached hydrogens (tertiary/aromatic N) is 1. The van der Waals surface area contributed by atoms with Crippen molar-refractivity contribution in [1.29, 1.82) is 0 Å². The van der Waals surface area contributed by atoms with E-state index in [9.17, 15) is 14.4 Å². The Kier molecular flexibility index (Phi) is 8.74. The van der Waals surface area contributed by atoms with Crippen molar-refractivity contribution in [3.63, 3.8) is 0 Å². The lowest BCUT2D eigenvalue weighted by atomic mass is 9.98. The molecular weight excluding hydrogens is 506 g/mol. The first-order valence-electron chi connectivity index (χ1n) is 13.3. The Bertz CT molecular complexity index is 1380. The molecule has 1 aliphatic heterocycles. The maximum absolute atomic E-state index is 13.8. The van der Waals surface area contributed by atoms with Crippen molar-refractivity contribution in [2.75, 3.05) is 12.0 Å². The SMILES string of the molecule is COc1ccc2c(c1)CC[C@@H](NC(=O)CC(C)(C)N)C(=O)N2Cc1ccc(-c2ccccc2CNC(N)=O)cc1. The fourth-order valence-corrected chi connectivity index (χ4v) is 4.95. The van der Waals surface area contributed by atoms with E-state index in [1.165, 1.54) is 0 Å². The predicted molar refractivity (Wildman–Crippen MR) is 156 cm³/mol. The van der Waals surface area contributed by atoms with Gasteiger partial charge < -0.3 is 31.7 Å². The molecule has 0 aliphatic carbocycles. The Morgan fingerprint density at radius 2 is 1.80 bits per heavy atom. The molecule has 9 heteroatoms. The lowest BCUT2D eigenvalue weighted by molar-refractivity contribution is -0.128. The summed E-state index contributed by atoms with van der Waals surface area (Å²) in [5, 5.41) is 5.57. The van der Waals surface area contributed by atoms with Crippen LogP contribution in [0.25, 0.3) is 11.1 Å². The number of primary amides is 1. The number of nitrogens with one attached hydrogen (secondary N) is 2. The van der Waals surface area contributed by atoms with Gasteiger partial charge in [0.2, 0.25) is 11.8 Å². The van der Waals surface area contributed by atoms with E-state index < -0.39 is 17.6 Å². The van der Waals surface area contributed by atoms with E-state index in [2.05, 4.69) is 10.6 Å². The van der Waals surface area contributed by atoms with Crippen LogP contribution in [0.3, 0.4) is 0 Å². The van der Waals surface area contributed by atoms with Gasteiger partial charge in [-0.2, -0.15) is 0 Å². The van der Waals surface area contributed by atoms with Crippen LogP contribution in [0.5, 0.6) is 5.75 Å². The van der Waals surface area contributed by atoms with Crippen LogP contribution in [-0.2, 0) is 29.1 Å². The van der Waals surface area contributed by atoms with Crippen molar-refractivity contribution in [2.45, 2.75) is 57.8 Å². The van der Waals surface area contributed by atoms with Crippen LogP contribution in [0.1, 0.15) is 43.4 Å². The zero-order chi connectivity index (χ0) is 28.9. The first kappa shape index (κ1) is 28.6. The number of amides is 4. The van der Waals surface area contributed by atoms with E-state index in [1.54, 1.807) is 25.9 Å². The predicted octanol–water partition coefficient (Wildman–Crippen LogP) is 3.62. The van der Waals surface area contributed by atoms with Gasteiger partial charge in [0.25, 0.3) is 0 Å². The number of aryl methyl sites for hydroxylation is 1. The molecule has 0 saturated heterocycles. The Labute approximate surface area is 234 Å². The summed E-state index contributed by atoms with van der Waals surface area (Å²) in [6, 6.07) is 20.2. The molecule has 0 radical (unpaired) electrons. The summed E-state index contributed by atoms with van der Waals surface area (Å²) in [6.45, 7) is 4.22. The van der Waals surface area contributed by atoms with Gasteiger partial charge in [-0.1, -0.05) is 48.5 Å². The lowest BCUT2D eigenvalue weighted by Gasteiger charge is -2.27. The van der Waals surface area contributed by atoms with E-state index in [-0.39, 0.29) is 18.2 Å². The molecular formula is C31H37N5O4. The molecule has 1 aliphatic rings. The van der Waals surface area contributed by atoms with Gasteiger partial charge in [-0.05, 0) is 72.7 Å². The minimum atomic E-state index is -0.676. The summed E-state index contributed by atoms with van der Waals surface area (Å²) < 4.78 is 5.43. The topological polar surface area (TPSA) is 140 Å². The van der Waals surface area contributed by atoms with Gasteiger partial charge in [0.1, 0.15) is 11.8 Å². The summed E-state index contributed by atoms with van der Waals surface area (Å²) in [6.07, 6.45) is 1.21. The number of carbonyl (C=O) groups excluding carboxylic acids is 3. The quantitative estimate of drug-likeness (QED) is 0.326. The normalized spacial score (nSPS) is 15.2. The number of rotatable bonds is 9. The number of anilines is 1. The fourth-order valence-electron chi connectivity index (χ4n) is 4.95. The first-order chi connectivity index (χ1) is 19.0. The third kappa shape index (κ3) is 7.18. The molecule has 3 aromatic rings. The van der Waals surface area contributed by atoms with E-state index in [0.29, 0.717) is 31.7 Å². The van der Waals surface area contributed by atoms with Gasteiger partial charge in [-0.25, -0.2) is 4.79 Å².